The molecule has 1 amide bonds. The maximum atomic E-state index is 13.9. The standard InChI is InChI=1S/C21H14F3NO3/c22-14-6-9-16(10-7-14)25-20(26)19(13-4-2-1-3-5-13)28-21(27)17-11-8-15(23)12-18(17)24/h1-12,19H,(H,25,26). The Labute approximate surface area is 158 Å². The van der Waals surface area contributed by atoms with Crippen molar-refractivity contribution in [2.75, 3.05) is 5.32 Å². The number of carbonyl (C=O) groups excluding carboxylic acids is 2. The Morgan fingerprint density at radius 1 is 0.821 bits per heavy atom. The molecule has 0 aliphatic carbocycles. The van der Waals surface area contributed by atoms with E-state index in [1.807, 2.05) is 0 Å². The number of hydrogen-bond acceptors (Lipinski definition) is 3. The van der Waals surface area contributed by atoms with Gasteiger partial charge in [-0.05, 0) is 36.4 Å². The van der Waals surface area contributed by atoms with E-state index < -0.39 is 41.0 Å². The lowest BCUT2D eigenvalue weighted by Gasteiger charge is -2.18. The monoisotopic (exact) mass is 385 g/mol. The van der Waals surface area contributed by atoms with Crippen molar-refractivity contribution in [3.8, 4) is 0 Å². The number of hydrogen-bond donors (Lipinski definition) is 1. The molecule has 1 atom stereocenters. The number of ether oxygens (including phenoxy) is 1. The quantitative estimate of drug-likeness (QED) is 0.651. The Morgan fingerprint density at radius 3 is 2.11 bits per heavy atom. The van der Waals surface area contributed by atoms with E-state index >= 15 is 0 Å². The zero-order valence-electron chi connectivity index (χ0n) is 14.4. The van der Waals surface area contributed by atoms with Crippen LogP contribution in [0.25, 0.3) is 0 Å². The minimum absolute atomic E-state index is 0.288. The van der Waals surface area contributed by atoms with Gasteiger partial charge in [-0.25, -0.2) is 18.0 Å². The molecule has 1 unspecified atom stereocenters. The summed E-state index contributed by atoms with van der Waals surface area (Å²) in [5.41, 5.74) is 0.131. The fourth-order valence-corrected chi connectivity index (χ4v) is 2.47. The first-order chi connectivity index (χ1) is 13.4. The van der Waals surface area contributed by atoms with Crippen LogP contribution in [0.5, 0.6) is 0 Å². The summed E-state index contributed by atoms with van der Waals surface area (Å²) in [5.74, 6) is -4.26. The van der Waals surface area contributed by atoms with Crippen molar-refractivity contribution in [1.82, 2.24) is 0 Å². The third-order valence-corrected chi connectivity index (χ3v) is 3.83. The molecule has 3 aromatic rings. The number of carbonyl (C=O) groups is 2. The second-order valence-electron chi connectivity index (χ2n) is 5.82. The van der Waals surface area contributed by atoms with Crippen molar-refractivity contribution in [3.05, 3.63) is 101 Å². The fourth-order valence-electron chi connectivity index (χ4n) is 2.47. The summed E-state index contributed by atoms with van der Waals surface area (Å²) >= 11 is 0. The molecule has 0 saturated carbocycles. The largest absolute Gasteiger partial charge is 0.444 e. The van der Waals surface area contributed by atoms with Crippen molar-refractivity contribution in [2.45, 2.75) is 6.10 Å². The van der Waals surface area contributed by atoms with Crippen LogP contribution in [0, 0.1) is 17.5 Å². The number of halogens is 3. The molecule has 3 rings (SSSR count). The third-order valence-electron chi connectivity index (χ3n) is 3.83. The van der Waals surface area contributed by atoms with Gasteiger partial charge in [-0.15, -0.1) is 0 Å². The van der Waals surface area contributed by atoms with Gasteiger partial charge < -0.3 is 10.1 Å². The van der Waals surface area contributed by atoms with Crippen molar-refractivity contribution in [3.63, 3.8) is 0 Å². The normalized spacial score (nSPS) is 11.5. The minimum Gasteiger partial charge on any atom is -0.444 e. The van der Waals surface area contributed by atoms with Gasteiger partial charge in [0.05, 0.1) is 5.56 Å². The van der Waals surface area contributed by atoms with Gasteiger partial charge in [0.15, 0.2) is 0 Å². The molecule has 4 nitrogen and oxygen atoms in total. The van der Waals surface area contributed by atoms with Crippen LogP contribution in [-0.4, -0.2) is 11.9 Å². The van der Waals surface area contributed by atoms with Gasteiger partial charge in [0.25, 0.3) is 5.91 Å². The molecule has 28 heavy (non-hydrogen) atoms. The molecule has 0 aliphatic heterocycles. The summed E-state index contributed by atoms with van der Waals surface area (Å²) in [6.45, 7) is 0. The van der Waals surface area contributed by atoms with Crippen LogP contribution in [0.4, 0.5) is 18.9 Å². The molecule has 0 heterocycles. The lowest BCUT2D eigenvalue weighted by Crippen LogP contribution is -2.26. The molecule has 0 saturated heterocycles. The van der Waals surface area contributed by atoms with Crippen LogP contribution in [-0.2, 0) is 9.53 Å². The molecule has 3 aromatic carbocycles. The highest BCUT2D eigenvalue weighted by molar-refractivity contribution is 5.98. The van der Waals surface area contributed by atoms with E-state index in [0.717, 1.165) is 24.3 Å². The molecule has 7 heteroatoms. The lowest BCUT2D eigenvalue weighted by atomic mass is 10.1. The average Bonchev–Trinajstić information content (AvgIpc) is 2.68. The zero-order valence-corrected chi connectivity index (χ0v) is 14.4. The maximum absolute atomic E-state index is 13.9. The second kappa shape index (κ2) is 8.39. The third kappa shape index (κ3) is 4.56. The molecular formula is C21H14F3NO3. The summed E-state index contributed by atoms with van der Waals surface area (Å²) in [5, 5.41) is 2.51. The van der Waals surface area contributed by atoms with Gasteiger partial charge in [-0.1, -0.05) is 30.3 Å². The van der Waals surface area contributed by atoms with Crippen molar-refractivity contribution < 1.29 is 27.5 Å². The van der Waals surface area contributed by atoms with Crippen LogP contribution >= 0.6 is 0 Å². The van der Waals surface area contributed by atoms with E-state index in [9.17, 15) is 22.8 Å². The zero-order chi connectivity index (χ0) is 20.1. The second-order valence-corrected chi connectivity index (χ2v) is 5.82. The van der Waals surface area contributed by atoms with E-state index in [4.69, 9.17) is 4.74 Å². The number of benzene rings is 3. The SMILES string of the molecule is O=C(OC(C(=O)Nc1ccc(F)cc1)c1ccccc1)c1ccc(F)cc1F. The number of esters is 1. The minimum atomic E-state index is -1.40. The lowest BCUT2D eigenvalue weighted by molar-refractivity contribution is -0.125. The number of nitrogens with one attached hydrogen (secondary N) is 1. The van der Waals surface area contributed by atoms with Gasteiger partial charge in [0.2, 0.25) is 6.10 Å². The van der Waals surface area contributed by atoms with Crippen LogP contribution < -0.4 is 5.32 Å². The smallest absolute Gasteiger partial charge is 0.342 e. The van der Waals surface area contributed by atoms with Gasteiger partial charge in [-0.2, -0.15) is 0 Å². The van der Waals surface area contributed by atoms with Crippen LogP contribution in [0.15, 0.2) is 72.8 Å². The molecule has 0 bridgehead atoms. The van der Waals surface area contributed by atoms with E-state index in [-0.39, 0.29) is 5.69 Å². The average molecular weight is 385 g/mol. The van der Waals surface area contributed by atoms with Gasteiger partial charge in [0, 0.05) is 17.3 Å². The van der Waals surface area contributed by atoms with Crippen LogP contribution in [0.2, 0.25) is 0 Å². The molecule has 1 N–H and O–H groups in total. The summed E-state index contributed by atoms with van der Waals surface area (Å²) in [6.07, 6.45) is -1.40. The van der Waals surface area contributed by atoms with E-state index in [1.165, 1.54) is 12.1 Å². The molecule has 0 aromatic heterocycles. The predicted molar refractivity (Wildman–Crippen MR) is 96.0 cm³/mol. The first-order valence-electron chi connectivity index (χ1n) is 8.21. The first kappa shape index (κ1) is 19.2. The fraction of sp³-hybridized carbons (Fsp3) is 0.0476. The van der Waals surface area contributed by atoms with Gasteiger partial charge in [-0.3, -0.25) is 4.79 Å². The van der Waals surface area contributed by atoms with E-state index in [1.54, 1.807) is 30.3 Å². The molecule has 0 aliphatic rings. The Hall–Kier alpha value is -3.61. The first-order valence-corrected chi connectivity index (χ1v) is 8.21. The summed E-state index contributed by atoms with van der Waals surface area (Å²) in [7, 11) is 0. The number of amides is 1. The molecular weight excluding hydrogens is 371 g/mol. The van der Waals surface area contributed by atoms with Gasteiger partial charge >= 0.3 is 5.97 Å². The maximum Gasteiger partial charge on any atom is 0.342 e. The topological polar surface area (TPSA) is 55.4 Å². The molecule has 142 valence electrons. The van der Waals surface area contributed by atoms with Crippen molar-refractivity contribution in [1.29, 1.82) is 0 Å². The Bertz CT molecular complexity index is 992. The van der Waals surface area contributed by atoms with Gasteiger partial charge in [0.1, 0.15) is 17.5 Å². The van der Waals surface area contributed by atoms with Crippen LogP contribution in [0.3, 0.4) is 0 Å². The van der Waals surface area contributed by atoms with E-state index in [0.29, 0.717) is 11.6 Å². The summed E-state index contributed by atoms with van der Waals surface area (Å²) in [4.78, 5) is 25.0. The highest BCUT2D eigenvalue weighted by atomic mass is 19.1. The molecule has 0 spiro atoms. The summed E-state index contributed by atoms with van der Waals surface area (Å²) < 4.78 is 45.2. The van der Waals surface area contributed by atoms with Crippen molar-refractivity contribution in [2.24, 2.45) is 0 Å². The Balaban J connectivity index is 1.85. The van der Waals surface area contributed by atoms with Crippen molar-refractivity contribution >= 4 is 17.6 Å². The number of rotatable bonds is 5. The predicted octanol–water partition coefficient (Wildman–Crippen LogP) is 4.64. The number of anilines is 1. The Kier molecular flexibility index (Phi) is 5.74. The van der Waals surface area contributed by atoms with Crippen LogP contribution in [0.1, 0.15) is 22.0 Å². The summed E-state index contributed by atoms with van der Waals surface area (Å²) in [6, 6.07) is 15.5. The molecule has 0 radical (unpaired) electrons. The highest BCUT2D eigenvalue weighted by Crippen LogP contribution is 2.23. The highest BCUT2D eigenvalue weighted by Gasteiger charge is 2.27. The molecule has 0 fully saturated rings. The Morgan fingerprint density at radius 2 is 1.46 bits per heavy atom. The van der Waals surface area contributed by atoms with E-state index in [2.05, 4.69) is 5.32 Å².